The normalized spacial score (nSPS) is 9.91. The van der Waals surface area contributed by atoms with Crippen LogP contribution in [0.5, 0.6) is 0 Å². The Kier molecular flexibility index (Phi) is 3.45. The van der Waals surface area contributed by atoms with E-state index in [9.17, 15) is 4.79 Å². The van der Waals surface area contributed by atoms with Crippen molar-refractivity contribution in [1.29, 1.82) is 0 Å². The minimum absolute atomic E-state index is 0.0327. The molecular formula is C6H7ClN2OS. The van der Waals surface area contributed by atoms with Crippen LogP contribution in [0.25, 0.3) is 0 Å². The second-order valence-corrected chi connectivity index (χ2v) is 3.10. The number of rotatable bonds is 4. The fraction of sp³-hybridized carbons (Fsp3) is 0.333. The van der Waals surface area contributed by atoms with Crippen LogP contribution >= 0.6 is 23.5 Å². The lowest BCUT2D eigenvalue weighted by Gasteiger charge is -1.96. The summed E-state index contributed by atoms with van der Waals surface area (Å²) in [4.78, 5) is 14.5. The van der Waals surface area contributed by atoms with E-state index in [1.54, 1.807) is 22.7 Å². The van der Waals surface area contributed by atoms with Crippen LogP contribution in [0, 0.1) is 0 Å². The molecule has 0 amide bonds. The Morgan fingerprint density at radius 3 is 3.09 bits per heavy atom. The highest BCUT2D eigenvalue weighted by molar-refractivity contribution is 7.98. The summed E-state index contributed by atoms with van der Waals surface area (Å²) in [5.74, 6) is 0.520. The van der Waals surface area contributed by atoms with Crippen molar-refractivity contribution in [3.8, 4) is 0 Å². The van der Waals surface area contributed by atoms with Crippen molar-refractivity contribution in [1.82, 2.24) is 8.96 Å². The van der Waals surface area contributed by atoms with Gasteiger partial charge in [-0.1, -0.05) is 0 Å². The summed E-state index contributed by atoms with van der Waals surface area (Å²) < 4.78 is 1.77. The smallest absolute Gasteiger partial charge is 0.159 e. The van der Waals surface area contributed by atoms with Crippen molar-refractivity contribution < 1.29 is 4.79 Å². The SMILES string of the molecule is O=C(CCl)CSn1ccnc1. The second-order valence-electron chi connectivity index (χ2n) is 1.87. The van der Waals surface area contributed by atoms with Gasteiger partial charge in [0.25, 0.3) is 0 Å². The molecule has 11 heavy (non-hydrogen) atoms. The van der Waals surface area contributed by atoms with Crippen LogP contribution in [0.4, 0.5) is 0 Å². The molecule has 0 aliphatic rings. The van der Waals surface area contributed by atoms with Gasteiger partial charge < -0.3 is 0 Å². The highest BCUT2D eigenvalue weighted by Crippen LogP contribution is 2.04. The third kappa shape index (κ3) is 2.95. The van der Waals surface area contributed by atoms with E-state index in [1.807, 2.05) is 0 Å². The van der Waals surface area contributed by atoms with Crippen LogP contribution in [0.1, 0.15) is 0 Å². The molecule has 0 N–H and O–H groups in total. The largest absolute Gasteiger partial charge is 0.297 e. The molecule has 1 heterocycles. The lowest BCUT2D eigenvalue weighted by Crippen LogP contribution is -2.03. The van der Waals surface area contributed by atoms with Gasteiger partial charge >= 0.3 is 0 Å². The Morgan fingerprint density at radius 2 is 2.55 bits per heavy atom. The van der Waals surface area contributed by atoms with Crippen LogP contribution in [0.2, 0.25) is 0 Å². The fourth-order valence-electron chi connectivity index (χ4n) is 0.508. The maximum Gasteiger partial charge on any atom is 0.159 e. The topological polar surface area (TPSA) is 34.9 Å². The van der Waals surface area contributed by atoms with E-state index in [4.69, 9.17) is 11.6 Å². The Bertz CT molecular complexity index is 224. The Hall–Kier alpha value is -0.480. The molecule has 0 aliphatic carbocycles. The van der Waals surface area contributed by atoms with Crippen LogP contribution in [-0.4, -0.2) is 26.4 Å². The number of carbonyl (C=O) groups is 1. The monoisotopic (exact) mass is 190 g/mol. The average Bonchev–Trinajstić information content (AvgIpc) is 2.52. The molecule has 0 saturated heterocycles. The molecular weight excluding hydrogens is 184 g/mol. The standard InChI is InChI=1S/C6H7ClN2OS/c7-3-6(10)4-11-9-2-1-8-5-9/h1-2,5H,3-4H2. The number of aromatic nitrogens is 2. The van der Waals surface area contributed by atoms with Gasteiger partial charge in [0.05, 0.1) is 11.6 Å². The van der Waals surface area contributed by atoms with Gasteiger partial charge in [-0.3, -0.25) is 8.77 Å². The summed E-state index contributed by atoms with van der Waals surface area (Å²) in [6, 6.07) is 0. The van der Waals surface area contributed by atoms with E-state index in [-0.39, 0.29) is 11.7 Å². The number of ketones is 1. The van der Waals surface area contributed by atoms with Crippen molar-refractivity contribution in [3.63, 3.8) is 0 Å². The molecule has 0 bridgehead atoms. The summed E-state index contributed by atoms with van der Waals surface area (Å²) in [5, 5.41) is 0. The number of hydrogen-bond acceptors (Lipinski definition) is 3. The van der Waals surface area contributed by atoms with Gasteiger partial charge in [-0.15, -0.1) is 11.6 Å². The van der Waals surface area contributed by atoms with Crippen molar-refractivity contribution in [2.24, 2.45) is 0 Å². The lowest BCUT2D eigenvalue weighted by atomic mass is 10.5. The third-order valence-corrected chi connectivity index (χ3v) is 2.27. The highest BCUT2D eigenvalue weighted by atomic mass is 35.5. The van der Waals surface area contributed by atoms with E-state index >= 15 is 0 Å². The van der Waals surface area contributed by atoms with Crippen molar-refractivity contribution in [3.05, 3.63) is 18.7 Å². The first-order chi connectivity index (χ1) is 5.33. The molecule has 1 rings (SSSR count). The lowest BCUT2D eigenvalue weighted by molar-refractivity contribution is -0.114. The molecule has 0 spiro atoms. The van der Waals surface area contributed by atoms with Gasteiger partial charge in [0.2, 0.25) is 0 Å². The quantitative estimate of drug-likeness (QED) is 0.669. The molecule has 60 valence electrons. The summed E-state index contributed by atoms with van der Waals surface area (Å²) in [7, 11) is 0. The van der Waals surface area contributed by atoms with Crippen LogP contribution in [-0.2, 0) is 4.79 Å². The zero-order valence-electron chi connectivity index (χ0n) is 5.74. The van der Waals surface area contributed by atoms with Gasteiger partial charge in [-0.05, 0) is 11.9 Å². The molecule has 0 fully saturated rings. The molecule has 3 nitrogen and oxygen atoms in total. The Morgan fingerprint density at radius 1 is 1.73 bits per heavy atom. The average molecular weight is 191 g/mol. The third-order valence-electron chi connectivity index (χ3n) is 1.00. The minimum Gasteiger partial charge on any atom is -0.297 e. The van der Waals surface area contributed by atoms with Gasteiger partial charge in [-0.2, -0.15) is 0 Å². The van der Waals surface area contributed by atoms with Crippen LogP contribution < -0.4 is 0 Å². The van der Waals surface area contributed by atoms with Crippen LogP contribution in [0.15, 0.2) is 18.7 Å². The number of halogens is 1. The first kappa shape index (κ1) is 8.62. The zero-order chi connectivity index (χ0) is 8.10. The minimum atomic E-state index is 0.0327. The number of nitrogens with zero attached hydrogens (tertiary/aromatic N) is 2. The molecule has 5 heteroatoms. The van der Waals surface area contributed by atoms with Crippen molar-refractivity contribution in [2.75, 3.05) is 11.6 Å². The molecule has 0 atom stereocenters. The Balaban J connectivity index is 2.29. The van der Waals surface area contributed by atoms with E-state index in [0.717, 1.165) is 0 Å². The van der Waals surface area contributed by atoms with Gasteiger partial charge in [0.15, 0.2) is 5.78 Å². The van der Waals surface area contributed by atoms with Gasteiger partial charge in [0, 0.05) is 12.4 Å². The first-order valence-corrected chi connectivity index (χ1v) is 4.49. The fourth-order valence-corrected chi connectivity index (χ4v) is 1.37. The van der Waals surface area contributed by atoms with Crippen LogP contribution in [0.3, 0.4) is 0 Å². The highest BCUT2D eigenvalue weighted by Gasteiger charge is 1.99. The molecule has 0 saturated carbocycles. The summed E-state index contributed by atoms with van der Waals surface area (Å²) >= 11 is 6.68. The van der Waals surface area contributed by atoms with E-state index in [1.165, 1.54) is 11.9 Å². The van der Waals surface area contributed by atoms with E-state index in [0.29, 0.717) is 5.75 Å². The number of alkyl halides is 1. The summed E-state index contributed by atoms with van der Waals surface area (Å²) in [6.07, 6.45) is 5.09. The number of imidazole rings is 1. The predicted octanol–water partition coefficient (Wildman–Crippen LogP) is 1.19. The maximum atomic E-state index is 10.7. The van der Waals surface area contributed by atoms with E-state index < -0.39 is 0 Å². The first-order valence-electron chi connectivity index (χ1n) is 3.02. The zero-order valence-corrected chi connectivity index (χ0v) is 7.31. The molecule has 0 radical (unpaired) electrons. The van der Waals surface area contributed by atoms with Gasteiger partial charge in [-0.25, -0.2) is 4.98 Å². The molecule has 1 aromatic rings. The maximum absolute atomic E-state index is 10.7. The Labute approximate surface area is 73.9 Å². The number of carbonyl (C=O) groups excluding carboxylic acids is 1. The van der Waals surface area contributed by atoms with Crippen molar-refractivity contribution in [2.45, 2.75) is 0 Å². The van der Waals surface area contributed by atoms with Crippen molar-refractivity contribution >= 4 is 29.3 Å². The van der Waals surface area contributed by atoms with Gasteiger partial charge in [0.1, 0.15) is 6.33 Å². The number of Topliss-reactive ketones (excluding diaryl/α,β-unsaturated/α-hetero) is 1. The molecule has 0 unspecified atom stereocenters. The summed E-state index contributed by atoms with van der Waals surface area (Å²) in [6.45, 7) is 0. The number of hydrogen-bond donors (Lipinski definition) is 0. The molecule has 1 aromatic heterocycles. The molecule has 0 aromatic carbocycles. The van der Waals surface area contributed by atoms with E-state index in [2.05, 4.69) is 4.98 Å². The molecule has 0 aliphatic heterocycles. The predicted molar refractivity (Wildman–Crippen MR) is 45.8 cm³/mol. The second kappa shape index (κ2) is 4.41. The summed E-state index contributed by atoms with van der Waals surface area (Å²) in [5.41, 5.74) is 0.